The number of carbonyl (C=O) groups is 3. The molecule has 6 heteroatoms. The van der Waals surface area contributed by atoms with Gasteiger partial charge in [0, 0.05) is 19.3 Å². The molecule has 73 heavy (non-hydrogen) atoms. The molecule has 0 aromatic heterocycles. The van der Waals surface area contributed by atoms with Gasteiger partial charge in [-0.2, -0.15) is 0 Å². The molecule has 0 aliphatic carbocycles. The second-order valence-corrected chi connectivity index (χ2v) is 20.6. The molecule has 6 nitrogen and oxygen atoms in total. The summed E-state index contributed by atoms with van der Waals surface area (Å²) in [7, 11) is 0. The minimum absolute atomic E-state index is 0.0966. The van der Waals surface area contributed by atoms with Crippen LogP contribution in [0.3, 0.4) is 0 Å². The molecule has 0 rings (SSSR count). The highest BCUT2D eigenvalue weighted by Crippen LogP contribution is 2.16. The molecule has 0 aliphatic rings. The lowest BCUT2D eigenvalue weighted by Gasteiger charge is -2.18. The van der Waals surface area contributed by atoms with Crippen molar-refractivity contribution in [3.05, 3.63) is 85.1 Å². The van der Waals surface area contributed by atoms with Gasteiger partial charge in [0.25, 0.3) is 0 Å². The highest BCUT2D eigenvalue weighted by Gasteiger charge is 2.19. The first-order valence-electron chi connectivity index (χ1n) is 31.1. The predicted octanol–water partition coefficient (Wildman–Crippen LogP) is 21.1. The summed E-state index contributed by atoms with van der Waals surface area (Å²) in [6.45, 7) is 6.57. The van der Waals surface area contributed by atoms with E-state index in [0.717, 1.165) is 109 Å². The van der Waals surface area contributed by atoms with Crippen molar-refractivity contribution >= 4 is 17.9 Å². The van der Waals surface area contributed by atoms with Crippen LogP contribution in [0.25, 0.3) is 0 Å². The van der Waals surface area contributed by atoms with Crippen LogP contribution in [0.2, 0.25) is 0 Å². The van der Waals surface area contributed by atoms with Crippen LogP contribution in [0.15, 0.2) is 85.1 Å². The standard InChI is InChI=1S/C67H116O6/c1-4-7-10-13-16-19-22-25-28-31-33-36-39-42-45-48-51-54-57-60-66(69)72-63-64(62-71-65(68)59-56-53-50-47-44-41-38-35-30-27-24-21-18-15-12-9-6-3)73-67(70)61-58-55-52-49-46-43-40-37-34-32-29-26-23-20-17-14-11-8-5-2/h16,18-19,21,25,27-28,30,33,36,38,41-42,45,64H,4-15,17,20,22-24,26,29,31-32,34-35,37,39-40,43-44,46-63H2,1-3H3/b19-16-,21-18-,28-25-,30-27-,36-33-,41-38-,45-42-/t64-/m0/s1. The van der Waals surface area contributed by atoms with Crippen LogP contribution in [-0.2, 0) is 28.6 Å². The first-order chi connectivity index (χ1) is 36.0. The maximum Gasteiger partial charge on any atom is 0.306 e. The molecule has 0 aliphatic heterocycles. The zero-order valence-corrected chi connectivity index (χ0v) is 48.1. The van der Waals surface area contributed by atoms with Crippen LogP contribution >= 0.6 is 0 Å². The first kappa shape index (κ1) is 69.6. The zero-order chi connectivity index (χ0) is 52.9. The van der Waals surface area contributed by atoms with Gasteiger partial charge in [-0.05, 0) is 103 Å². The molecule has 0 aromatic rings. The third-order valence-corrected chi connectivity index (χ3v) is 13.4. The van der Waals surface area contributed by atoms with E-state index in [9.17, 15) is 14.4 Å². The number of unbranched alkanes of at least 4 members (excludes halogenated alkanes) is 31. The Bertz CT molecular complexity index is 1400. The summed E-state index contributed by atoms with van der Waals surface area (Å²) >= 11 is 0. The van der Waals surface area contributed by atoms with E-state index in [0.29, 0.717) is 19.3 Å². The molecule has 420 valence electrons. The summed E-state index contributed by atoms with van der Waals surface area (Å²) < 4.78 is 16.9. The van der Waals surface area contributed by atoms with Gasteiger partial charge in [0.1, 0.15) is 13.2 Å². The quantitative estimate of drug-likeness (QED) is 0.0261. The Morgan fingerprint density at radius 1 is 0.274 bits per heavy atom. The van der Waals surface area contributed by atoms with E-state index in [2.05, 4.69) is 106 Å². The summed E-state index contributed by atoms with van der Waals surface area (Å²) in [5.74, 6) is -0.935. The first-order valence-corrected chi connectivity index (χ1v) is 31.1. The monoisotopic (exact) mass is 1020 g/mol. The number of rotatable bonds is 56. The van der Waals surface area contributed by atoms with Crippen molar-refractivity contribution in [2.24, 2.45) is 0 Å². The maximum atomic E-state index is 12.9. The fraction of sp³-hybridized carbons (Fsp3) is 0.746. The van der Waals surface area contributed by atoms with Crippen molar-refractivity contribution in [2.45, 2.75) is 309 Å². The van der Waals surface area contributed by atoms with E-state index >= 15 is 0 Å². The molecule has 0 radical (unpaired) electrons. The van der Waals surface area contributed by atoms with Crippen LogP contribution in [0.4, 0.5) is 0 Å². The fourth-order valence-corrected chi connectivity index (χ4v) is 8.67. The Balaban J connectivity index is 4.46. The van der Waals surface area contributed by atoms with Crippen molar-refractivity contribution in [2.75, 3.05) is 13.2 Å². The molecular weight excluding hydrogens is 901 g/mol. The topological polar surface area (TPSA) is 78.9 Å². The lowest BCUT2D eigenvalue weighted by molar-refractivity contribution is -0.167. The van der Waals surface area contributed by atoms with Crippen molar-refractivity contribution in [1.82, 2.24) is 0 Å². The molecule has 0 spiro atoms. The van der Waals surface area contributed by atoms with Gasteiger partial charge in [-0.1, -0.05) is 266 Å². The average molecular weight is 1020 g/mol. The van der Waals surface area contributed by atoms with Gasteiger partial charge in [0.05, 0.1) is 0 Å². The molecule has 0 bridgehead atoms. The van der Waals surface area contributed by atoms with Crippen molar-refractivity contribution < 1.29 is 28.6 Å². The summed E-state index contributed by atoms with van der Waals surface area (Å²) in [5, 5.41) is 0. The van der Waals surface area contributed by atoms with Gasteiger partial charge in [0.15, 0.2) is 6.10 Å². The van der Waals surface area contributed by atoms with E-state index in [-0.39, 0.29) is 31.1 Å². The average Bonchev–Trinajstić information content (AvgIpc) is 3.39. The molecule has 0 saturated heterocycles. The van der Waals surface area contributed by atoms with Gasteiger partial charge in [-0.25, -0.2) is 0 Å². The van der Waals surface area contributed by atoms with E-state index < -0.39 is 6.10 Å². The summed E-state index contributed by atoms with van der Waals surface area (Å²) in [5.41, 5.74) is 0. The SMILES string of the molecule is CCCCC/C=C\C/C=C\C/C=C\C/C=C\CCCCCC(=O)OC[C@H](COC(=O)CCCCCC/C=C\C/C=C\C/C=C\CCCCC)OC(=O)CCCCCCCCCCCCCCCCCCCCC. The molecule has 0 heterocycles. The van der Waals surface area contributed by atoms with Crippen LogP contribution < -0.4 is 0 Å². The van der Waals surface area contributed by atoms with E-state index in [1.54, 1.807) is 0 Å². The minimum Gasteiger partial charge on any atom is -0.462 e. The van der Waals surface area contributed by atoms with Gasteiger partial charge in [0.2, 0.25) is 0 Å². The highest BCUT2D eigenvalue weighted by molar-refractivity contribution is 5.71. The summed E-state index contributed by atoms with van der Waals surface area (Å²) in [4.78, 5) is 38.3. The second-order valence-electron chi connectivity index (χ2n) is 20.6. The van der Waals surface area contributed by atoms with Crippen molar-refractivity contribution in [1.29, 1.82) is 0 Å². The van der Waals surface area contributed by atoms with Crippen molar-refractivity contribution in [3.8, 4) is 0 Å². The Labute approximate surface area is 452 Å². The predicted molar refractivity (Wildman–Crippen MR) is 316 cm³/mol. The van der Waals surface area contributed by atoms with Gasteiger partial charge >= 0.3 is 17.9 Å². The molecule has 0 aromatic carbocycles. The third kappa shape index (κ3) is 59.3. The third-order valence-electron chi connectivity index (χ3n) is 13.4. The van der Waals surface area contributed by atoms with Crippen LogP contribution in [0.5, 0.6) is 0 Å². The summed E-state index contributed by atoms with van der Waals surface area (Å²) in [6, 6.07) is 0. The summed E-state index contributed by atoms with van der Waals surface area (Å²) in [6.07, 6.45) is 80.0. The Morgan fingerprint density at radius 3 is 0.808 bits per heavy atom. The number of esters is 3. The Kier molecular flexibility index (Phi) is 58.3. The number of carbonyl (C=O) groups excluding carboxylic acids is 3. The van der Waals surface area contributed by atoms with Crippen LogP contribution in [0, 0.1) is 0 Å². The Morgan fingerprint density at radius 2 is 0.493 bits per heavy atom. The van der Waals surface area contributed by atoms with Crippen LogP contribution in [-0.4, -0.2) is 37.2 Å². The maximum absolute atomic E-state index is 12.9. The van der Waals surface area contributed by atoms with Gasteiger partial charge in [-0.15, -0.1) is 0 Å². The van der Waals surface area contributed by atoms with Crippen molar-refractivity contribution in [3.63, 3.8) is 0 Å². The van der Waals surface area contributed by atoms with Gasteiger partial charge in [-0.3, -0.25) is 14.4 Å². The molecule has 0 saturated carbocycles. The largest absolute Gasteiger partial charge is 0.462 e. The normalized spacial score (nSPS) is 12.6. The van der Waals surface area contributed by atoms with E-state index in [1.807, 2.05) is 0 Å². The van der Waals surface area contributed by atoms with Gasteiger partial charge < -0.3 is 14.2 Å². The van der Waals surface area contributed by atoms with E-state index in [1.165, 1.54) is 154 Å². The molecule has 0 unspecified atom stereocenters. The number of allylic oxidation sites excluding steroid dienone is 14. The molecule has 0 amide bonds. The fourth-order valence-electron chi connectivity index (χ4n) is 8.67. The van der Waals surface area contributed by atoms with Crippen LogP contribution in [0.1, 0.15) is 303 Å². The molecular formula is C67H116O6. The molecule has 0 fully saturated rings. The molecule has 1 atom stereocenters. The zero-order valence-electron chi connectivity index (χ0n) is 48.1. The minimum atomic E-state index is -0.799. The second kappa shape index (κ2) is 61.1. The number of hydrogen-bond donors (Lipinski definition) is 0. The number of hydrogen-bond acceptors (Lipinski definition) is 6. The lowest BCUT2D eigenvalue weighted by Crippen LogP contribution is -2.30. The lowest BCUT2D eigenvalue weighted by atomic mass is 10.0. The molecule has 0 N–H and O–H groups in total. The highest BCUT2D eigenvalue weighted by atomic mass is 16.6. The number of ether oxygens (including phenoxy) is 3. The van der Waals surface area contributed by atoms with E-state index in [4.69, 9.17) is 14.2 Å². The smallest absolute Gasteiger partial charge is 0.306 e. The Hall–Kier alpha value is -3.41.